The molecule has 1 fully saturated rings. The van der Waals surface area contributed by atoms with Gasteiger partial charge in [-0.1, -0.05) is 19.1 Å². The number of aliphatic hydroxyl groups is 1. The highest BCUT2D eigenvalue weighted by molar-refractivity contribution is 5.31. The molecular formula is C16H24O3. The summed E-state index contributed by atoms with van der Waals surface area (Å²) in [7, 11) is 0. The van der Waals surface area contributed by atoms with Gasteiger partial charge in [-0.15, -0.1) is 0 Å². The molecule has 1 unspecified atom stereocenters. The number of hydrogen-bond acceptors (Lipinski definition) is 3. The summed E-state index contributed by atoms with van der Waals surface area (Å²) >= 11 is 0. The molecule has 0 aliphatic carbocycles. The molecule has 1 aliphatic rings. The minimum Gasteiger partial charge on any atom is -0.494 e. The Kier molecular flexibility index (Phi) is 4.16. The van der Waals surface area contributed by atoms with Crippen molar-refractivity contribution in [3.63, 3.8) is 0 Å². The summed E-state index contributed by atoms with van der Waals surface area (Å²) in [6.45, 7) is 7.45. The molecule has 0 amide bonds. The van der Waals surface area contributed by atoms with Crippen LogP contribution >= 0.6 is 0 Å². The van der Waals surface area contributed by atoms with E-state index in [1.807, 2.05) is 38.1 Å². The van der Waals surface area contributed by atoms with Gasteiger partial charge in [-0.05, 0) is 38.0 Å². The van der Waals surface area contributed by atoms with Crippen LogP contribution in [0.25, 0.3) is 0 Å². The molecule has 106 valence electrons. The van der Waals surface area contributed by atoms with Crippen molar-refractivity contribution in [3.8, 4) is 5.75 Å². The van der Waals surface area contributed by atoms with E-state index in [4.69, 9.17) is 9.47 Å². The van der Waals surface area contributed by atoms with Crippen LogP contribution < -0.4 is 4.74 Å². The summed E-state index contributed by atoms with van der Waals surface area (Å²) in [6, 6.07) is 7.80. The SMILES string of the molecule is CCCOc1ccc(C2(O)CCOC(C)(C)C2)cc1. The van der Waals surface area contributed by atoms with Gasteiger partial charge in [0.1, 0.15) is 5.75 Å². The van der Waals surface area contributed by atoms with E-state index in [1.54, 1.807) is 0 Å². The van der Waals surface area contributed by atoms with Crippen molar-refractivity contribution in [2.75, 3.05) is 13.2 Å². The quantitative estimate of drug-likeness (QED) is 0.907. The molecule has 3 nitrogen and oxygen atoms in total. The van der Waals surface area contributed by atoms with Gasteiger partial charge < -0.3 is 14.6 Å². The van der Waals surface area contributed by atoms with E-state index in [1.165, 1.54) is 0 Å². The van der Waals surface area contributed by atoms with E-state index in [0.29, 0.717) is 19.4 Å². The summed E-state index contributed by atoms with van der Waals surface area (Å²) in [5, 5.41) is 10.8. The first-order valence-electron chi connectivity index (χ1n) is 7.05. The molecule has 0 aromatic heterocycles. The van der Waals surface area contributed by atoms with Crippen LogP contribution in [0.15, 0.2) is 24.3 Å². The second kappa shape index (κ2) is 5.51. The molecule has 0 spiro atoms. The van der Waals surface area contributed by atoms with Gasteiger partial charge >= 0.3 is 0 Å². The predicted octanol–water partition coefficient (Wildman–Crippen LogP) is 3.25. The van der Waals surface area contributed by atoms with Crippen LogP contribution in [0.4, 0.5) is 0 Å². The van der Waals surface area contributed by atoms with Gasteiger partial charge in [-0.3, -0.25) is 0 Å². The summed E-state index contributed by atoms with van der Waals surface area (Å²) < 4.78 is 11.2. The fourth-order valence-electron chi connectivity index (χ4n) is 2.67. The van der Waals surface area contributed by atoms with Crippen molar-refractivity contribution in [2.24, 2.45) is 0 Å². The molecule has 3 heteroatoms. The number of ether oxygens (including phenoxy) is 2. The third-order valence-corrected chi connectivity index (χ3v) is 3.59. The third-order valence-electron chi connectivity index (χ3n) is 3.59. The zero-order chi connectivity index (χ0) is 13.9. The van der Waals surface area contributed by atoms with Crippen LogP contribution in [0, 0.1) is 0 Å². The van der Waals surface area contributed by atoms with E-state index in [2.05, 4.69) is 6.92 Å². The lowest BCUT2D eigenvalue weighted by molar-refractivity contribution is -0.148. The van der Waals surface area contributed by atoms with Crippen LogP contribution in [0.1, 0.15) is 45.6 Å². The van der Waals surface area contributed by atoms with Gasteiger partial charge in [0, 0.05) is 12.8 Å². The average molecular weight is 264 g/mol. The average Bonchev–Trinajstić information content (AvgIpc) is 2.35. The second-order valence-electron chi connectivity index (χ2n) is 5.94. The van der Waals surface area contributed by atoms with E-state index in [-0.39, 0.29) is 5.60 Å². The summed E-state index contributed by atoms with van der Waals surface area (Å²) in [6.07, 6.45) is 2.26. The molecule has 0 saturated carbocycles. The molecule has 1 atom stereocenters. The maximum atomic E-state index is 10.8. The Morgan fingerprint density at radius 1 is 1.26 bits per heavy atom. The largest absolute Gasteiger partial charge is 0.494 e. The molecule has 1 aliphatic heterocycles. The highest BCUT2D eigenvalue weighted by Crippen LogP contribution is 2.39. The van der Waals surface area contributed by atoms with Crippen molar-refractivity contribution in [2.45, 2.75) is 51.2 Å². The third kappa shape index (κ3) is 3.48. The Bertz CT molecular complexity index is 411. The van der Waals surface area contributed by atoms with E-state index in [0.717, 1.165) is 24.3 Å². The normalized spacial score (nSPS) is 26.1. The zero-order valence-corrected chi connectivity index (χ0v) is 12.1. The second-order valence-corrected chi connectivity index (χ2v) is 5.94. The molecular weight excluding hydrogens is 240 g/mol. The smallest absolute Gasteiger partial charge is 0.119 e. The fourth-order valence-corrected chi connectivity index (χ4v) is 2.67. The Morgan fingerprint density at radius 3 is 2.53 bits per heavy atom. The van der Waals surface area contributed by atoms with Crippen LogP contribution in [0.3, 0.4) is 0 Å². The maximum Gasteiger partial charge on any atom is 0.119 e. The number of benzene rings is 1. The number of hydrogen-bond donors (Lipinski definition) is 1. The van der Waals surface area contributed by atoms with Gasteiger partial charge in [0.25, 0.3) is 0 Å². The van der Waals surface area contributed by atoms with Crippen molar-refractivity contribution >= 4 is 0 Å². The van der Waals surface area contributed by atoms with E-state index < -0.39 is 5.60 Å². The van der Waals surface area contributed by atoms with E-state index in [9.17, 15) is 5.11 Å². The minimum atomic E-state index is -0.787. The Balaban J connectivity index is 2.12. The lowest BCUT2D eigenvalue weighted by atomic mass is 9.79. The molecule has 0 radical (unpaired) electrons. The van der Waals surface area contributed by atoms with Crippen LogP contribution in [0.5, 0.6) is 5.75 Å². The molecule has 2 rings (SSSR count). The maximum absolute atomic E-state index is 10.8. The summed E-state index contributed by atoms with van der Waals surface area (Å²) in [4.78, 5) is 0. The highest BCUT2D eigenvalue weighted by Gasteiger charge is 2.40. The van der Waals surface area contributed by atoms with E-state index >= 15 is 0 Å². The highest BCUT2D eigenvalue weighted by atomic mass is 16.5. The molecule has 1 N–H and O–H groups in total. The molecule has 19 heavy (non-hydrogen) atoms. The Morgan fingerprint density at radius 2 is 1.95 bits per heavy atom. The van der Waals surface area contributed by atoms with Gasteiger partial charge in [0.15, 0.2) is 0 Å². The summed E-state index contributed by atoms with van der Waals surface area (Å²) in [5.74, 6) is 0.862. The Labute approximate surface area is 115 Å². The van der Waals surface area contributed by atoms with Gasteiger partial charge in [0.2, 0.25) is 0 Å². The summed E-state index contributed by atoms with van der Waals surface area (Å²) in [5.41, 5.74) is -0.109. The van der Waals surface area contributed by atoms with Crippen molar-refractivity contribution < 1.29 is 14.6 Å². The predicted molar refractivity (Wildman–Crippen MR) is 75.4 cm³/mol. The molecule has 1 heterocycles. The van der Waals surface area contributed by atoms with Gasteiger partial charge in [0.05, 0.1) is 24.4 Å². The van der Waals surface area contributed by atoms with Gasteiger partial charge in [-0.2, -0.15) is 0 Å². The van der Waals surface area contributed by atoms with Crippen LogP contribution in [0.2, 0.25) is 0 Å². The molecule has 1 saturated heterocycles. The topological polar surface area (TPSA) is 38.7 Å². The monoisotopic (exact) mass is 264 g/mol. The van der Waals surface area contributed by atoms with Crippen molar-refractivity contribution in [1.82, 2.24) is 0 Å². The van der Waals surface area contributed by atoms with Crippen LogP contribution in [-0.4, -0.2) is 23.9 Å². The minimum absolute atomic E-state index is 0.273. The lowest BCUT2D eigenvalue weighted by Crippen LogP contribution is -2.43. The molecule has 0 bridgehead atoms. The zero-order valence-electron chi connectivity index (χ0n) is 12.1. The number of rotatable bonds is 4. The fraction of sp³-hybridized carbons (Fsp3) is 0.625. The van der Waals surface area contributed by atoms with Crippen molar-refractivity contribution in [1.29, 1.82) is 0 Å². The molecule has 1 aromatic carbocycles. The first-order chi connectivity index (χ1) is 8.95. The first-order valence-corrected chi connectivity index (χ1v) is 7.05. The first kappa shape index (κ1) is 14.4. The van der Waals surface area contributed by atoms with Gasteiger partial charge in [-0.25, -0.2) is 0 Å². The molecule has 1 aromatic rings. The lowest BCUT2D eigenvalue weighted by Gasteiger charge is -2.41. The van der Waals surface area contributed by atoms with Crippen molar-refractivity contribution in [3.05, 3.63) is 29.8 Å². The van der Waals surface area contributed by atoms with Crippen LogP contribution in [-0.2, 0) is 10.3 Å². The standard InChI is InChI=1S/C16H24O3/c1-4-10-18-14-7-5-13(6-8-14)16(17)9-11-19-15(2,3)12-16/h5-8,17H,4,9-12H2,1-3H3. The Hall–Kier alpha value is -1.06.